The lowest BCUT2D eigenvalue weighted by molar-refractivity contribution is -0.147. The maximum Gasteiger partial charge on any atom is 0.328 e. The van der Waals surface area contributed by atoms with Crippen molar-refractivity contribution >= 4 is 27.4 Å². The molecule has 0 bridgehead atoms. The highest BCUT2D eigenvalue weighted by Crippen LogP contribution is 2.65. The molecular weight excluding hydrogens is 418 g/mol. The number of carbonyl (C=O) groups excluding carboxylic acids is 1. The maximum atomic E-state index is 13.3. The minimum atomic E-state index is -4.03. The van der Waals surface area contributed by atoms with E-state index in [2.05, 4.69) is 0 Å². The molecule has 29 heavy (non-hydrogen) atoms. The van der Waals surface area contributed by atoms with Gasteiger partial charge in [0.2, 0.25) is 6.79 Å². The number of ether oxygens (including phenoxy) is 3. The lowest BCUT2D eigenvalue weighted by atomic mass is 10.0. The number of nitriles is 1. The first kappa shape index (κ1) is 19.6. The van der Waals surface area contributed by atoms with Gasteiger partial charge in [-0.25, -0.2) is 8.42 Å². The van der Waals surface area contributed by atoms with Gasteiger partial charge in [0.25, 0.3) is 0 Å². The van der Waals surface area contributed by atoms with Gasteiger partial charge in [-0.2, -0.15) is 5.26 Å². The van der Waals surface area contributed by atoms with Gasteiger partial charge in [-0.1, -0.05) is 17.7 Å². The summed E-state index contributed by atoms with van der Waals surface area (Å²) in [7, 11) is -4.03. The second-order valence-corrected chi connectivity index (χ2v) is 9.22. The number of hydrogen-bond donors (Lipinski definition) is 0. The Labute approximate surface area is 172 Å². The lowest BCUT2D eigenvalue weighted by Crippen LogP contribution is -2.25. The van der Waals surface area contributed by atoms with Crippen LogP contribution in [0.25, 0.3) is 0 Å². The van der Waals surface area contributed by atoms with Crippen molar-refractivity contribution in [2.45, 2.75) is 23.0 Å². The van der Waals surface area contributed by atoms with E-state index in [-0.39, 0.29) is 18.3 Å². The Balaban J connectivity index is 1.82. The fourth-order valence-corrected chi connectivity index (χ4v) is 6.14. The lowest BCUT2D eigenvalue weighted by Gasteiger charge is -2.09. The standard InChI is InChI=1S/C20H16ClNO6S/c1-2-26-19(23)20(10-22)17(12-3-8-15-16(9-12)28-11-27-15)18(20)29(24,25)14-6-4-13(21)5-7-14/h3-9,17-18H,2,11H2,1H3/t17-,18+,20+/m1/s1. The van der Waals surface area contributed by atoms with E-state index in [0.717, 1.165) is 0 Å². The van der Waals surface area contributed by atoms with E-state index < -0.39 is 32.4 Å². The van der Waals surface area contributed by atoms with E-state index in [9.17, 15) is 18.5 Å². The van der Waals surface area contributed by atoms with Crippen LogP contribution in [0.2, 0.25) is 5.02 Å². The molecule has 9 heteroatoms. The minimum absolute atomic E-state index is 0.0148. The maximum absolute atomic E-state index is 13.3. The molecule has 0 aromatic heterocycles. The molecular formula is C20H16ClNO6S. The van der Waals surface area contributed by atoms with Crippen LogP contribution in [0, 0.1) is 16.7 Å². The average molecular weight is 434 g/mol. The zero-order valence-electron chi connectivity index (χ0n) is 15.3. The van der Waals surface area contributed by atoms with E-state index in [1.807, 2.05) is 6.07 Å². The monoisotopic (exact) mass is 433 g/mol. The number of esters is 1. The van der Waals surface area contributed by atoms with Gasteiger partial charge in [0.15, 0.2) is 26.8 Å². The van der Waals surface area contributed by atoms with Crippen molar-refractivity contribution in [1.29, 1.82) is 5.26 Å². The quantitative estimate of drug-likeness (QED) is 0.667. The molecule has 7 nitrogen and oxygen atoms in total. The number of hydrogen-bond acceptors (Lipinski definition) is 7. The van der Waals surface area contributed by atoms with Crippen LogP contribution in [-0.2, 0) is 19.4 Å². The molecule has 0 radical (unpaired) electrons. The van der Waals surface area contributed by atoms with Gasteiger partial charge >= 0.3 is 5.97 Å². The van der Waals surface area contributed by atoms with Crippen LogP contribution in [0.4, 0.5) is 0 Å². The Bertz CT molecular complexity index is 1120. The molecule has 0 amide bonds. The average Bonchev–Trinajstić information content (AvgIpc) is 3.20. The Morgan fingerprint density at radius 3 is 2.59 bits per heavy atom. The molecule has 2 aromatic carbocycles. The van der Waals surface area contributed by atoms with Crippen LogP contribution in [0.1, 0.15) is 18.4 Å². The summed E-state index contributed by atoms with van der Waals surface area (Å²) in [5.74, 6) is -0.799. The highest BCUT2D eigenvalue weighted by molar-refractivity contribution is 7.92. The van der Waals surface area contributed by atoms with Gasteiger partial charge in [0.1, 0.15) is 5.25 Å². The van der Waals surface area contributed by atoms with E-state index >= 15 is 0 Å². The largest absolute Gasteiger partial charge is 0.465 e. The van der Waals surface area contributed by atoms with Gasteiger partial charge in [-0.3, -0.25) is 4.79 Å². The van der Waals surface area contributed by atoms with Crippen molar-refractivity contribution in [3.8, 4) is 17.6 Å². The first-order valence-corrected chi connectivity index (χ1v) is 10.8. The van der Waals surface area contributed by atoms with Gasteiger partial charge in [0.05, 0.1) is 17.6 Å². The molecule has 1 aliphatic heterocycles. The molecule has 3 atom stereocenters. The molecule has 2 aromatic rings. The normalized spacial score (nSPS) is 24.6. The van der Waals surface area contributed by atoms with E-state index in [4.69, 9.17) is 25.8 Å². The molecule has 4 rings (SSSR count). The number of nitrogens with zero attached hydrogens (tertiary/aromatic N) is 1. The van der Waals surface area contributed by atoms with Gasteiger partial charge in [0, 0.05) is 10.9 Å². The SMILES string of the molecule is CCOC(=O)[C@@]1(C#N)[C@H](c2ccc3c(c2)OCO3)[C@@H]1S(=O)(=O)c1ccc(Cl)cc1. The van der Waals surface area contributed by atoms with Crippen LogP contribution in [-0.4, -0.2) is 33.0 Å². The smallest absolute Gasteiger partial charge is 0.328 e. The first-order chi connectivity index (χ1) is 13.9. The fraction of sp³-hybridized carbons (Fsp3) is 0.300. The Kier molecular flexibility index (Phi) is 4.68. The van der Waals surface area contributed by atoms with Gasteiger partial charge < -0.3 is 14.2 Å². The molecule has 0 unspecified atom stereocenters. The highest BCUT2D eigenvalue weighted by Gasteiger charge is 2.77. The predicted octanol–water partition coefficient (Wildman–Crippen LogP) is 3.08. The van der Waals surface area contributed by atoms with Crippen molar-refractivity contribution in [2.24, 2.45) is 5.41 Å². The number of fused-ring (bicyclic) bond motifs is 1. The molecule has 1 fully saturated rings. The van der Waals surface area contributed by atoms with Crippen molar-refractivity contribution in [1.82, 2.24) is 0 Å². The molecule has 0 spiro atoms. The van der Waals surface area contributed by atoms with E-state index in [0.29, 0.717) is 22.1 Å². The summed E-state index contributed by atoms with van der Waals surface area (Å²) in [6, 6.07) is 12.4. The molecule has 0 N–H and O–H groups in total. The van der Waals surface area contributed by atoms with E-state index in [1.54, 1.807) is 25.1 Å². The first-order valence-electron chi connectivity index (χ1n) is 8.83. The zero-order valence-corrected chi connectivity index (χ0v) is 16.9. The fourth-order valence-electron chi connectivity index (χ4n) is 3.77. The molecule has 1 aliphatic carbocycles. The molecule has 2 aliphatic rings. The number of rotatable bonds is 5. The van der Waals surface area contributed by atoms with Crippen LogP contribution < -0.4 is 9.47 Å². The minimum Gasteiger partial charge on any atom is -0.465 e. The van der Waals surface area contributed by atoms with Crippen molar-refractivity contribution in [2.75, 3.05) is 13.4 Å². The molecule has 1 saturated carbocycles. The summed E-state index contributed by atoms with van der Waals surface area (Å²) in [5.41, 5.74) is -1.35. The predicted molar refractivity (Wildman–Crippen MR) is 102 cm³/mol. The zero-order chi connectivity index (χ0) is 20.8. The third-order valence-electron chi connectivity index (χ3n) is 5.16. The third-order valence-corrected chi connectivity index (χ3v) is 7.66. The summed E-state index contributed by atoms with van der Waals surface area (Å²) in [6.07, 6.45) is 0. The summed E-state index contributed by atoms with van der Waals surface area (Å²) in [5, 5.41) is 9.00. The van der Waals surface area contributed by atoms with Crippen molar-refractivity contribution in [3.63, 3.8) is 0 Å². The van der Waals surface area contributed by atoms with Crippen molar-refractivity contribution < 1.29 is 27.4 Å². The number of halogens is 1. The third kappa shape index (κ3) is 2.93. The van der Waals surface area contributed by atoms with Crippen LogP contribution in [0.3, 0.4) is 0 Å². The summed E-state index contributed by atoms with van der Waals surface area (Å²) in [4.78, 5) is 12.7. The summed E-state index contributed by atoms with van der Waals surface area (Å²) < 4.78 is 42.4. The number of sulfone groups is 1. The number of benzene rings is 2. The summed E-state index contributed by atoms with van der Waals surface area (Å²) in [6.45, 7) is 1.69. The van der Waals surface area contributed by atoms with Crippen LogP contribution >= 0.6 is 11.6 Å². The topological polar surface area (TPSA) is 103 Å². The second-order valence-electron chi connectivity index (χ2n) is 6.71. The van der Waals surface area contributed by atoms with Gasteiger partial charge in [-0.05, 0) is 48.9 Å². The second kappa shape index (κ2) is 6.94. The Hall–Kier alpha value is -2.76. The Morgan fingerprint density at radius 2 is 1.93 bits per heavy atom. The van der Waals surface area contributed by atoms with Crippen LogP contribution in [0.15, 0.2) is 47.4 Å². The summed E-state index contributed by atoms with van der Waals surface area (Å²) >= 11 is 5.86. The van der Waals surface area contributed by atoms with E-state index in [1.165, 1.54) is 24.3 Å². The molecule has 150 valence electrons. The van der Waals surface area contributed by atoms with Crippen molar-refractivity contribution in [3.05, 3.63) is 53.1 Å². The molecule has 0 saturated heterocycles. The number of carbonyl (C=O) groups is 1. The highest BCUT2D eigenvalue weighted by atomic mass is 35.5. The molecule has 1 heterocycles. The van der Waals surface area contributed by atoms with Gasteiger partial charge in [-0.15, -0.1) is 0 Å². The van der Waals surface area contributed by atoms with Crippen LogP contribution in [0.5, 0.6) is 11.5 Å². The Morgan fingerprint density at radius 1 is 1.24 bits per heavy atom.